The minimum atomic E-state index is -0.575. The fourth-order valence-corrected chi connectivity index (χ4v) is 1.48. The summed E-state index contributed by atoms with van der Waals surface area (Å²) < 4.78 is 7.10. The maximum absolute atomic E-state index is 11.9. The van der Waals surface area contributed by atoms with Gasteiger partial charge < -0.3 is 10.1 Å². The minimum absolute atomic E-state index is 0.190. The standard InChI is InChI=1S/C13H15N3O2/c1-10(18-12-8-14-16(2)9-12)13(17)15-11-6-4-3-5-7-11/h3-10H,1-2H3,(H,15,17). The van der Waals surface area contributed by atoms with Crippen LogP contribution in [0, 0.1) is 0 Å². The monoisotopic (exact) mass is 245 g/mol. The van der Waals surface area contributed by atoms with Gasteiger partial charge in [-0.15, -0.1) is 0 Å². The Hall–Kier alpha value is -2.30. The lowest BCUT2D eigenvalue weighted by Gasteiger charge is -2.13. The number of nitrogens with one attached hydrogen (secondary N) is 1. The van der Waals surface area contributed by atoms with E-state index in [1.54, 1.807) is 31.0 Å². The van der Waals surface area contributed by atoms with Crippen LogP contribution >= 0.6 is 0 Å². The highest BCUT2D eigenvalue weighted by Crippen LogP contribution is 2.11. The largest absolute Gasteiger partial charge is 0.478 e. The van der Waals surface area contributed by atoms with E-state index in [-0.39, 0.29) is 5.91 Å². The first kappa shape index (κ1) is 12.2. The van der Waals surface area contributed by atoms with E-state index >= 15 is 0 Å². The fourth-order valence-electron chi connectivity index (χ4n) is 1.48. The Morgan fingerprint density at radius 3 is 2.72 bits per heavy atom. The highest BCUT2D eigenvalue weighted by molar-refractivity contribution is 5.94. The number of hydrogen-bond donors (Lipinski definition) is 1. The van der Waals surface area contributed by atoms with Crippen molar-refractivity contribution in [2.75, 3.05) is 5.32 Å². The molecule has 1 atom stereocenters. The van der Waals surface area contributed by atoms with Crippen molar-refractivity contribution in [1.29, 1.82) is 0 Å². The van der Waals surface area contributed by atoms with Crippen molar-refractivity contribution in [3.05, 3.63) is 42.7 Å². The molecule has 0 aliphatic rings. The Balaban J connectivity index is 1.93. The van der Waals surface area contributed by atoms with Crippen LogP contribution in [-0.4, -0.2) is 21.8 Å². The SMILES string of the molecule is CC(Oc1cnn(C)c1)C(=O)Nc1ccccc1. The molecule has 1 heterocycles. The van der Waals surface area contributed by atoms with Crippen LogP contribution in [0.25, 0.3) is 0 Å². The summed E-state index contributed by atoms with van der Waals surface area (Å²) in [6.07, 6.45) is 2.72. The average molecular weight is 245 g/mol. The summed E-state index contributed by atoms with van der Waals surface area (Å²) in [6, 6.07) is 9.28. The molecular weight excluding hydrogens is 230 g/mol. The minimum Gasteiger partial charge on any atom is -0.478 e. The first-order valence-corrected chi connectivity index (χ1v) is 5.66. The molecule has 18 heavy (non-hydrogen) atoms. The summed E-state index contributed by atoms with van der Waals surface area (Å²) in [5.41, 5.74) is 0.754. The van der Waals surface area contributed by atoms with E-state index in [0.29, 0.717) is 5.75 Å². The number of amides is 1. The van der Waals surface area contributed by atoms with Crippen molar-refractivity contribution < 1.29 is 9.53 Å². The molecule has 2 rings (SSSR count). The Labute approximate surface area is 105 Å². The third-order valence-electron chi connectivity index (χ3n) is 2.40. The maximum Gasteiger partial charge on any atom is 0.265 e. The van der Waals surface area contributed by atoms with Gasteiger partial charge in [-0.2, -0.15) is 5.10 Å². The van der Waals surface area contributed by atoms with E-state index in [4.69, 9.17) is 4.74 Å². The van der Waals surface area contributed by atoms with Gasteiger partial charge in [-0.25, -0.2) is 0 Å². The summed E-state index contributed by atoms with van der Waals surface area (Å²) in [5, 5.41) is 6.75. The molecule has 94 valence electrons. The Morgan fingerprint density at radius 2 is 2.11 bits per heavy atom. The Kier molecular flexibility index (Phi) is 3.62. The molecule has 0 saturated carbocycles. The summed E-state index contributed by atoms with van der Waals surface area (Å²) in [4.78, 5) is 11.9. The number of carbonyl (C=O) groups is 1. The molecule has 1 amide bonds. The van der Waals surface area contributed by atoms with E-state index in [1.807, 2.05) is 30.3 Å². The molecule has 1 aromatic carbocycles. The Bertz CT molecular complexity index is 522. The van der Waals surface area contributed by atoms with Crippen molar-refractivity contribution in [3.8, 4) is 5.75 Å². The Morgan fingerprint density at radius 1 is 1.39 bits per heavy atom. The van der Waals surface area contributed by atoms with Gasteiger partial charge in [-0.3, -0.25) is 9.48 Å². The molecule has 2 aromatic rings. The van der Waals surface area contributed by atoms with Crippen molar-refractivity contribution in [2.45, 2.75) is 13.0 Å². The topological polar surface area (TPSA) is 56.2 Å². The number of rotatable bonds is 4. The van der Waals surface area contributed by atoms with Crippen molar-refractivity contribution in [2.24, 2.45) is 7.05 Å². The quantitative estimate of drug-likeness (QED) is 0.894. The van der Waals surface area contributed by atoms with Gasteiger partial charge >= 0.3 is 0 Å². The second-order valence-electron chi connectivity index (χ2n) is 3.97. The molecule has 0 fully saturated rings. The molecule has 0 spiro atoms. The van der Waals surface area contributed by atoms with Crippen molar-refractivity contribution in [1.82, 2.24) is 9.78 Å². The fraction of sp³-hybridized carbons (Fsp3) is 0.231. The second-order valence-corrected chi connectivity index (χ2v) is 3.97. The molecular formula is C13H15N3O2. The van der Waals surface area contributed by atoms with Crippen LogP contribution in [0.4, 0.5) is 5.69 Å². The predicted octanol–water partition coefficient (Wildman–Crippen LogP) is 1.83. The van der Waals surface area contributed by atoms with E-state index < -0.39 is 6.10 Å². The first-order valence-electron chi connectivity index (χ1n) is 5.66. The lowest BCUT2D eigenvalue weighted by molar-refractivity contribution is -0.122. The van der Waals surface area contributed by atoms with Crippen LogP contribution in [-0.2, 0) is 11.8 Å². The number of aromatic nitrogens is 2. The van der Waals surface area contributed by atoms with Gasteiger partial charge in [0.2, 0.25) is 0 Å². The molecule has 0 radical (unpaired) electrons. The number of anilines is 1. The maximum atomic E-state index is 11.9. The number of nitrogens with zero attached hydrogens (tertiary/aromatic N) is 2. The van der Waals surface area contributed by atoms with Crippen LogP contribution in [0.1, 0.15) is 6.92 Å². The van der Waals surface area contributed by atoms with Gasteiger partial charge in [-0.05, 0) is 19.1 Å². The van der Waals surface area contributed by atoms with Gasteiger partial charge in [-0.1, -0.05) is 18.2 Å². The molecule has 5 nitrogen and oxygen atoms in total. The molecule has 0 aliphatic carbocycles. The van der Waals surface area contributed by atoms with Gasteiger partial charge in [0.15, 0.2) is 11.9 Å². The number of benzene rings is 1. The van der Waals surface area contributed by atoms with Crippen molar-refractivity contribution in [3.63, 3.8) is 0 Å². The zero-order chi connectivity index (χ0) is 13.0. The number of ether oxygens (including phenoxy) is 1. The van der Waals surface area contributed by atoms with Crippen LogP contribution in [0.15, 0.2) is 42.7 Å². The summed E-state index contributed by atoms with van der Waals surface area (Å²) in [7, 11) is 1.79. The number of hydrogen-bond acceptors (Lipinski definition) is 3. The molecule has 1 aromatic heterocycles. The summed E-state index contributed by atoms with van der Waals surface area (Å²) in [6.45, 7) is 1.70. The van der Waals surface area contributed by atoms with E-state index in [9.17, 15) is 4.79 Å². The number of carbonyl (C=O) groups excluding carboxylic acids is 1. The molecule has 5 heteroatoms. The highest BCUT2D eigenvalue weighted by atomic mass is 16.5. The molecule has 0 bridgehead atoms. The van der Waals surface area contributed by atoms with Crippen LogP contribution in [0.3, 0.4) is 0 Å². The number of para-hydroxylation sites is 1. The average Bonchev–Trinajstić information content (AvgIpc) is 2.76. The van der Waals surface area contributed by atoms with E-state index in [2.05, 4.69) is 10.4 Å². The van der Waals surface area contributed by atoms with Gasteiger partial charge in [0.25, 0.3) is 5.91 Å². The van der Waals surface area contributed by atoms with Crippen LogP contribution in [0.5, 0.6) is 5.75 Å². The lowest BCUT2D eigenvalue weighted by Crippen LogP contribution is -2.30. The third kappa shape index (κ3) is 3.10. The zero-order valence-electron chi connectivity index (χ0n) is 10.3. The molecule has 0 saturated heterocycles. The summed E-state index contributed by atoms with van der Waals surface area (Å²) >= 11 is 0. The molecule has 1 N–H and O–H groups in total. The molecule has 1 unspecified atom stereocenters. The van der Waals surface area contributed by atoms with Gasteiger partial charge in [0, 0.05) is 12.7 Å². The van der Waals surface area contributed by atoms with E-state index in [0.717, 1.165) is 5.69 Å². The third-order valence-corrected chi connectivity index (χ3v) is 2.40. The highest BCUT2D eigenvalue weighted by Gasteiger charge is 2.15. The first-order chi connectivity index (χ1) is 8.65. The predicted molar refractivity (Wildman–Crippen MR) is 68.4 cm³/mol. The van der Waals surface area contributed by atoms with Gasteiger partial charge in [0.1, 0.15) is 0 Å². The zero-order valence-corrected chi connectivity index (χ0v) is 10.3. The van der Waals surface area contributed by atoms with Crippen LogP contribution < -0.4 is 10.1 Å². The van der Waals surface area contributed by atoms with Crippen LogP contribution in [0.2, 0.25) is 0 Å². The lowest BCUT2D eigenvalue weighted by atomic mass is 10.3. The van der Waals surface area contributed by atoms with Gasteiger partial charge in [0.05, 0.1) is 12.4 Å². The normalized spacial score (nSPS) is 11.9. The van der Waals surface area contributed by atoms with E-state index in [1.165, 1.54) is 0 Å². The molecule has 0 aliphatic heterocycles. The van der Waals surface area contributed by atoms with Crippen molar-refractivity contribution >= 4 is 11.6 Å². The smallest absolute Gasteiger partial charge is 0.265 e. The second kappa shape index (κ2) is 5.35. The summed E-state index contributed by atoms with van der Waals surface area (Å²) in [5.74, 6) is 0.387. The number of aryl methyl sites for hydroxylation is 1.